The van der Waals surface area contributed by atoms with Crippen LogP contribution >= 0.6 is 0 Å². The summed E-state index contributed by atoms with van der Waals surface area (Å²) in [6.45, 7) is 5.50. The molecule has 2 aliphatic rings. The summed E-state index contributed by atoms with van der Waals surface area (Å²) in [5.41, 5.74) is 4.38. The topological polar surface area (TPSA) is 71.6 Å². The SMILES string of the molecule is CCOc1ccc(C2Nc3ccccc3NC3=C2C(=O)NC3)c(OCC)c1. The molecule has 4 rings (SSSR count). The molecule has 1 atom stereocenters. The van der Waals surface area contributed by atoms with Crippen LogP contribution in [-0.2, 0) is 4.79 Å². The first kappa shape index (κ1) is 17.3. The van der Waals surface area contributed by atoms with Crippen LogP contribution in [0.2, 0.25) is 0 Å². The molecule has 6 nitrogen and oxygen atoms in total. The van der Waals surface area contributed by atoms with Gasteiger partial charge in [-0.15, -0.1) is 0 Å². The van der Waals surface area contributed by atoms with Crippen LogP contribution in [0, 0.1) is 0 Å². The molecule has 1 amide bonds. The van der Waals surface area contributed by atoms with Gasteiger partial charge in [0.05, 0.1) is 42.7 Å². The van der Waals surface area contributed by atoms with Crippen molar-refractivity contribution in [1.82, 2.24) is 5.32 Å². The van der Waals surface area contributed by atoms with E-state index in [-0.39, 0.29) is 11.9 Å². The number of anilines is 2. The Balaban J connectivity index is 1.83. The van der Waals surface area contributed by atoms with Crippen molar-refractivity contribution in [1.29, 1.82) is 0 Å². The predicted octanol–water partition coefficient (Wildman–Crippen LogP) is 3.45. The van der Waals surface area contributed by atoms with E-state index in [1.165, 1.54) is 0 Å². The maximum atomic E-state index is 12.6. The fourth-order valence-electron chi connectivity index (χ4n) is 3.54. The Hall–Kier alpha value is -3.15. The van der Waals surface area contributed by atoms with Gasteiger partial charge in [-0.25, -0.2) is 0 Å². The quantitative estimate of drug-likeness (QED) is 0.757. The number of para-hydroxylation sites is 2. The molecule has 0 saturated heterocycles. The number of carbonyl (C=O) groups excluding carboxylic acids is 1. The lowest BCUT2D eigenvalue weighted by molar-refractivity contribution is -0.116. The van der Waals surface area contributed by atoms with Gasteiger partial charge in [-0.05, 0) is 38.1 Å². The lowest BCUT2D eigenvalue weighted by Gasteiger charge is -2.23. The molecule has 0 radical (unpaired) electrons. The average Bonchev–Trinajstić information content (AvgIpc) is 2.93. The van der Waals surface area contributed by atoms with Crippen LogP contribution in [0.5, 0.6) is 11.5 Å². The fraction of sp³-hybridized carbons (Fsp3) is 0.286. The van der Waals surface area contributed by atoms with E-state index in [0.29, 0.717) is 31.1 Å². The Labute approximate surface area is 158 Å². The predicted molar refractivity (Wildman–Crippen MR) is 105 cm³/mol. The van der Waals surface area contributed by atoms with E-state index in [1.54, 1.807) is 0 Å². The van der Waals surface area contributed by atoms with E-state index >= 15 is 0 Å². The highest BCUT2D eigenvalue weighted by atomic mass is 16.5. The molecule has 3 N–H and O–H groups in total. The molecule has 0 bridgehead atoms. The zero-order valence-electron chi connectivity index (χ0n) is 15.5. The molecule has 2 aromatic carbocycles. The summed E-state index contributed by atoms with van der Waals surface area (Å²) in [5, 5.41) is 9.85. The largest absolute Gasteiger partial charge is 0.494 e. The minimum atomic E-state index is -0.323. The van der Waals surface area contributed by atoms with Crippen molar-refractivity contribution < 1.29 is 14.3 Å². The molecule has 0 aliphatic carbocycles. The number of rotatable bonds is 5. The molecule has 0 aromatic heterocycles. The van der Waals surface area contributed by atoms with Gasteiger partial charge in [-0.3, -0.25) is 4.79 Å². The van der Waals surface area contributed by atoms with Gasteiger partial charge in [0.2, 0.25) is 0 Å². The Morgan fingerprint density at radius 1 is 1.04 bits per heavy atom. The molecule has 1 unspecified atom stereocenters. The lowest BCUT2D eigenvalue weighted by atomic mass is 9.96. The number of carbonyl (C=O) groups is 1. The highest BCUT2D eigenvalue weighted by molar-refractivity contribution is 6.01. The van der Waals surface area contributed by atoms with Crippen LogP contribution in [-0.4, -0.2) is 25.7 Å². The van der Waals surface area contributed by atoms with Crippen molar-refractivity contribution >= 4 is 17.3 Å². The van der Waals surface area contributed by atoms with Gasteiger partial charge >= 0.3 is 0 Å². The average molecular weight is 365 g/mol. The minimum absolute atomic E-state index is 0.0702. The standard InChI is InChI=1S/C21H23N3O3/c1-3-26-13-9-10-14(18(11-13)27-4-2)20-19-17(12-22-21(19)25)23-15-7-5-6-8-16(15)24-20/h5-11,20,23-24H,3-4,12H2,1-2H3,(H,22,25). The number of hydrogen-bond donors (Lipinski definition) is 3. The van der Waals surface area contributed by atoms with E-state index in [1.807, 2.05) is 56.3 Å². The molecule has 6 heteroatoms. The van der Waals surface area contributed by atoms with Crippen molar-refractivity contribution in [2.75, 3.05) is 30.4 Å². The van der Waals surface area contributed by atoms with Gasteiger partial charge in [0.15, 0.2) is 0 Å². The van der Waals surface area contributed by atoms with Gasteiger partial charge in [0.1, 0.15) is 11.5 Å². The maximum absolute atomic E-state index is 12.6. The van der Waals surface area contributed by atoms with E-state index in [4.69, 9.17) is 9.47 Å². The summed E-state index contributed by atoms with van der Waals surface area (Å²) in [4.78, 5) is 12.6. The van der Waals surface area contributed by atoms with E-state index in [9.17, 15) is 4.79 Å². The molecule has 2 aromatic rings. The first-order valence-electron chi connectivity index (χ1n) is 9.24. The highest BCUT2D eigenvalue weighted by Gasteiger charge is 2.35. The summed E-state index contributed by atoms with van der Waals surface area (Å²) >= 11 is 0. The Morgan fingerprint density at radius 2 is 1.81 bits per heavy atom. The molecular weight excluding hydrogens is 342 g/mol. The zero-order chi connectivity index (χ0) is 18.8. The summed E-state index contributed by atoms with van der Waals surface area (Å²) in [7, 11) is 0. The van der Waals surface area contributed by atoms with Crippen molar-refractivity contribution in [2.45, 2.75) is 19.9 Å². The summed E-state index contributed by atoms with van der Waals surface area (Å²) in [6, 6.07) is 13.4. The minimum Gasteiger partial charge on any atom is -0.494 e. The van der Waals surface area contributed by atoms with Crippen LogP contribution in [0.15, 0.2) is 53.7 Å². The monoisotopic (exact) mass is 365 g/mol. The summed E-state index contributed by atoms with van der Waals surface area (Å²) < 4.78 is 11.5. The molecule has 2 heterocycles. The van der Waals surface area contributed by atoms with Gasteiger partial charge < -0.3 is 25.4 Å². The van der Waals surface area contributed by atoms with E-state index < -0.39 is 0 Å². The van der Waals surface area contributed by atoms with Gasteiger partial charge in [0, 0.05) is 17.3 Å². The second-order valence-corrected chi connectivity index (χ2v) is 6.39. The first-order chi connectivity index (χ1) is 13.2. The van der Waals surface area contributed by atoms with Crippen LogP contribution in [0.1, 0.15) is 25.5 Å². The van der Waals surface area contributed by atoms with Crippen molar-refractivity contribution in [3.63, 3.8) is 0 Å². The van der Waals surface area contributed by atoms with Crippen molar-refractivity contribution in [3.05, 3.63) is 59.3 Å². The molecular formula is C21H23N3O3. The second kappa shape index (κ2) is 7.23. The van der Waals surface area contributed by atoms with Crippen molar-refractivity contribution in [3.8, 4) is 11.5 Å². The first-order valence-corrected chi connectivity index (χ1v) is 9.24. The molecule has 140 valence electrons. The third-order valence-corrected chi connectivity index (χ3v) is 4.70. The number of ether oxygens (including phenoxy) is 2. The number of nitrogens with one attached hydrogen (secondary N) is 3. The van der Waals surface area contributed by atoms with E-state index in [0.717, 1.165) is 28.4 Å². The summed E-state index contributed by atoms with van der Waals surface area (Å²) in [6.07, 6.45) is 0. The highest BCUT2D eigenvalue weighted by Crippen LogP contribution is 2.41. The van der Waals surface area contributed by atoms with E-state index in [2.05, 4.69) is 16.0 Å². The number of benzene rings is 2. The lowest BCUT2D eigenvalue weighted by Crippen LogP contribution is -2.24. The zero-order valence-corrected chi connectivity index (χ0v) is 15.5. The Morgan fingerprint density at radius 3 is 2.59 bits per heavy atom. The molecule has 2 aliphatic heterocycles. The van der Waals surface area contributed by atoms with Gasteiger partial charge in [0.25, 0.3) is 5.91 Å². The van der Waals surface area contributed by atoms with Crippen LogP contribution in [0.3, 0.4) is 0 Å². The molecule has 0 saturated carbocycles. The maximum Gasteiger partial charge on any atom is 0.251 e. The van der Waals surface area contributed by atoms with Gasteiger partial charge in [-0.1, -0.05) is 12.1 Å². The van der Waals surface area contributed by atoms with Crippen LogP contribution < -0.4 is 25.4 Å². The third kappa shape index (κ3) is 3.18. The van der Waals surface area contributed by atoms with Crippen molar-refractivity contribution in [2.24, 2.45) is 0 Å². The molecule has 0 fully saturated rings. The third-order valence-electron chi connectivity index (χ3n) is 4.70. The number of amides is 1. The number of fused-ring (bicyclic) bond motifs is 1. The van der Waals surface area contributed by atoms with Crippen LogP contribution in [0.4, 0.5) is 11.4 Å². The Kier molecular flexibility index (Phi) is 4.62. The molecule has 0 spiro atoms. The second-order valence-electron chi connectivity index (χ2n) is 6.39. The van der Waals surface area contributed by atoms with Crippen LogP contribution in [0.25, 0.3) is 0 Å². The summed E-state index contributed by atoms with van der Waals surface area (Å²) in [5.74, 6) is 1.40. The fourth-order valence-corrected chi connectivity index (χ4v) is 3.54. The number of hydrogen-bond acceptors (Lipinski definition) is 5. The smallest absolute Gasteiger partial charge is 0.251 e. The Bertz CT molecular complexity index is 907. The molecule has 27 heavy (non-hydrogen) atoms. The normalized spacial score (nSPS) is 17.9. The van der Waals surface area contributed by atoms with Gasteiger partial charge in [-0.2, -0.15) is 0 Å².